The molecule has 1 N–H and O–H groups in total. The average molecular weight is 295 g/mol. The molecule has 0 aliphatic heterocycles. The van der Waals surface area contributed by atoms with Crippen LogP contribution in [0.1, 0.15) is 35.2 Å². The van der Waals surface area contributed by atoms with Gasteiger partial charge < -0.3 is 4.98 Å². The first-order chi connectivity index (χ1) is 10.3. The lowest BCUT2D eigenvalue weighted by atomic mass is 9.92. The number of rotatable bonds is 1. The lowest BCUT2D eigenvalue weighted by Gasteiger charge is -2.13. The largest absolute Gasteiger partial charge is 0.342 e. The van der Waals surface area contributed by atoms with Crippen LogP contribution < -0.4 is 0 Å². The third-order valence-corrected chi connectivity index (χ3v) is 5.34. The molecule has 3 unspecified atom stereocenters. The molecule has 2 aliphatic rings. The number of aromatic nitrogens is 2. The second-order valence-corrected chi connectivity index (χ2v) is 6.67. The van der Waals surface area contributed by atoms with E-state index in [1.54, 1.807) is 0 Å². The Balaban J connectivity index is 1.57. The summed E-state index contributed by atoms with van der Waals surface area (Å²) in [5.74, 6) is 3.11. The second kappa shape index (κ2) is 4.11. The summed E-state index contributed by atoms with van der Waals surface area (Å²) in [6, 6.07) is 14.8. The molecule has 1 heterocycles. The molecular weight excluding hydrogens is 280 g/mol. The molecule has 5 rings (SSSR count). The van der Waals surface area contributed by atoms with Gasteiger partial charge in [0.05, 0.1) is 11.0 Å². The Hall–Kier alpha value is -1.80. The van der Waals surface area contributed by atoms with Gasteiger partial charge in [-0.25, -0.2) is 4.98 Å². The fraction of sp³-hybridized carbons (Fsp3) is 0.278. The van der Waals surface area contributed by atoms with E-state index >= 15 is 0 Å². The smallest absolute Gasteiger partial charge is 0.111 e. The normalized spacial score (nSPS) is 26.4. The van der Waals surface area contributed by atoms with Crippen LogP contribution in [0.3, 0.4) is 0 Å². The van der Waals surface area contributed by atoms with Gasteiger partial charge in [0, 0.05) is 10.9 Å². The number of H-pyrrole nitrogens is 1. The van der Waals surface area contributed by atoms with Gasteiger partial charge in [0.15, 0.2) is 0 Å². The van der Waals surface area contributed by atoms with Gasteiger partial charge in [0.25, 0.3) is 0 Å². The van der Waals surface area contributed by atoms with E-state index in [-0.39, 0.29) is 0 Å². The molecule has 2 aliphatic carbocycles. The predicted octanol–water partition coefficient (Wildman–Crippen LogP) is 4.66. The van der Waals surface area contributed by atoms with Crippen LogP contribution in [0, 0.1) is 5.92 Å². The zero-order valence-corrected chi connectivity index (χ0v) is 12.3. The highest BCUT2D eigenvalue weighted by Gasteiger charge is 2.55. The predicted molar refractivity (Wildman–Crippen MR) is 84.8 cm³/mol. The van der Waals surface area contributed by atoms with Gasteiger partial charge in [-0.05, 0) is 54.0 Å². The molecular formula is C18H15ClN2. The molecule has 3 aromatic rings. The number of benzene rings is 2. The third-order valence-electron chi connectivity index (χ3n) is 5.11. The summed E-state index contributed by atoms with van der Waals surface area (Å²) in [6.07, 6.45) is 2.49. The van der Waals surface area contributed by atoms with Gasteiger partial charge in [-0.15, -0.1) is 0 Å². The average Bonchev–Trinajstić information content (AvgIpc) is 3.11. The van der Waals surface area contributed by atoms with Crippen LogP contribution in [0.25, 0.3) is 11.0 Å². The standard InChI is InChI=1S/C18H15ClN2/c19-11-6-8-14-15(9-11)21-18(20-14)17-13-7-5-10-3-1-2-4-12(10)16(13)17/h1-4,6,8-9,13,16-17H,5,7H2,(H,20,21). The first kappa shape index (κ1) is 11.8. The number of aromatic amines is 1. The van der Waals surface area contributed by atoms with Crippen molar-refractivity contribution in [2.75, 3.05) is 0 Å². The molecule has 1 aromatic heterocycles. The maximum absolute atomic E-state index is 6.06. The van der Waals surface area contributed by atoms with Crippen LogP contribution in [0.5, 0.6) is 0 Å². The van der Waals surface area contributed by atoms with Crippen LogP contribution in [0.15, 0.2) is 42.5 Å². The lowest BCUT2D eigenvalue weighted by molar-refractivity contribution is 0.655. The number of imidazole rings is 1. The molecule has 3 heteroatoms. The Kier molecular flexibility index (Phi) is 2.31. The van der Waals surface area contributed by atoms with Crippen LogP contribution in [0.2, 0.25) is 5.02 Å². The maximum atomic E-state index is 6.06. The summed E-state index contributed by atoms with van der Waals surface area (Å²) in [4.78, 5) is 8.29. The van der Waals surface area contributed by atoms with Crippen LogP contribution in [-0.2, 0) is 6.42 Å². The highest BCUT2D eigenvalue weighted by atomic mass is 35.5. The van der Waals surface area contributed by atoms with E-state index in [0.29, 0.717) is 11.8 Å². The fourth-order valence-corrected chi connectivity index (χ4v) is 4.27. The Morgan fingerprint density at radius 3 is 2.95 bits per heavy atom. The minimum atomic E-state index is 0.555. The molecule has 2 aromatic carbocycles. The van der Waals surface area contributed by atoms with Crippen molar-refractivity contribution >= 4 is 22.6 Å². The van der Waals surface area contributed by atoms with E-state index in [1.807, 2.05) is 18.2 Å². The Morgan fingerprint density at radius 1 is 1.10 bits per heavy atom. The highest BCUT2D eigenvalue weighted by Crippen LogP contribution is 2.64. The van der Waals surface area contributed by atoms with Crippen molar-refractivity contribution in [3.63, 3.8) is 0 Å². The lowest BCUT2D eigenvalue weighted by Crippen LogP contribution is -2.00. The Bertz CT molecular complexity index is 851. The maximum Gasteiger partial charge on any atom is 0.111 e. The van der Waals surface area contributed by atoms with Crippen molar-refractivity contribution in [1.82, 2.24) is 9.97 Å². The van der Waals surface area contributed by atoms with E-state index in [1.165, 1.54) is 24.0 Å². The van der Waals surface area contributed by atoms with E-state index in [4.69, 9.17) is 16.6 Å². The van der Waals surface area contributed by atoms with Crippen LogP contribution >= 0.6 is 11.6 Å². The number of nitrogens with one attached hydrogen (secondary N) is 1. The summed E-state index contributed by atoms with van der Waals surface area (Å²) < 4.78 is 0. The third kappa shape index (κ3) is 1.69. The number of hydrogen-bond donors (Lipinski definition) is 1. The molecule has 0 amide bonds. The van der Waals surface area contributed by atoms with Gasteiger partial charge in [0.2, 0.25) is 0 Å². The van der Waals surface area contributed by atoms with Crippen LogP contribution in [0.4, 0.5) is 0 Å². The summed E-state index contributed by atoms with van der Waals surface area (Å²) in [6.45, 7) is 0. The molecule has 3 atom stereocenters. The summed E-state index contributed by atoms with van der Waals surface area (Å²) in [5, 5.41) is 0.760. The van der Waals surface area contributed by atoms with Gasteiger partial charge in [0.1, 0.15) is 5.82 Å². The second-order valence-electron chi connectivity index (χ2n) is 6.24. The number of halogens is 1. The van der Waals surface area contributed by atoms with E-state index < -0.39 is 0 Å². The van der Waals surface area contributed by atoms with Crippen molar-refractivity contribution < 1.29 is 0 Å². The first-order valence-corrected chi connectivity index (χ1v) is 7.92. The molecule has 21 heavy (non-hydrogen) atoms. The summed E-state index contributed by atoms with van der Waals surface area (Å²) in [5.41, 5.74) is 5.14. The van der Waals surface area contributed by atoms with Gasteiger partial charge in [-0.2, -0.15) is 0 Å². The molecule has 1 fully saturated rings. The van der Waals surface area contributed by atoms with E-state index in [2.05, 4.69) is 29.2 Å². The Morgan fingerprint density at radius 2 is 2.00 bits per heavy atom. The number of aryl methyl sites for hydroxylation is 1. The molecule has 0 saturated heterocycles. The summed E-state index contributed by atoms with van der Waals surface area (Å²) in [7, 11) is 0. The monoisotopic (exact) mass is 294 g/mol. The molecule has 104 valence electrons. The Labute approximate surface area is 128 Å². The van der Waals surface area contributed by atoms with Crippen LogP contribution in [-0.4, -0.2) is 9.97 Å². The molecule has 1 saturated carbocycles. The van der Waals surface area contributed by atoms with Crippen molar-refractivity contribution in [3.05, 3.63) is 64.4 Å². The minimum Gasteiger partial charge on any atom is -0.342 e. The van der Waals surface area contributed by atoms with Gasteiger partial charge in [-0.3, -0.25) is 0 Å². The minimum absolute atomic E-state index is 0.555. The van der Waals surface area contributed by atoms with E-state index in [9.17, 15) is 0 Å². The van der Waals surface area contributed by atoms with Gasteiger partial charge >= 0.3 is 0 Å². The fourth-order valence-electron chi connectivity index (χ4n) is 4.10. The highest BCUT2D eigenvalue weighted by molar-refractivity contribution is 6.31. The molecule has 0 radical (unpaired) electrons. The molecule has 2 nitrogen and oxygen atoms in total. The van der Waals surface area contributed by atoms with Crippen molar-refractivity contribution in [2.45, 2.75) is 24.7 Å². The molecule has 0 bridgehead atoms. The molecule has 0 spiro atoms. The van der Waals surface area contributed by atoms with Crippen molar-refractivity contribution in [3.8, 4) is 0 Å². The zero-order valence-electron chi connectivity index (χ0n) is 11.5. The topological polar surface area (TPSA) is 28.7 Å². The van der Waals surface area contributed by atoms with E-state index in [0.717, 1.165) is 27.8 Å². The SMILES string of the molecule is Clc1ccc2nc(C3C4CCc5ccccc5C43)[nH]c2c1. The first-order valence-electron chi connectivity index (χ1n) is 7.54. The number of fused-ring (bicyclic) bond motifs is 4. The van der Waals surface area contributed by atoms with Gasteiger partial charge in [-0.1, -0.05) is 35.9 Å². The zero-order chi connectivity index (χ0) is 14.0. The van der Waals surface area contributed by atoms with Crippen molar-refractivity contribution in [2.24, 2.45) is 5.92 Å². The number of hydrogen-bond acceptors (Lipinski definition) is 1. The summed E-state index contributed by atoms with van der Waals surface area (Å²) >= 11 is 6.06. The number of nitrogens with zero attached hydrogens (tertiary/aromatic N) is 1. The quantitative estimate of drug-likeness (QED) is 0.695. The van der Waals surface area contributed by atoms with Crippen molar-refractivity contribution in [1.29, 1.82) is 0 Å².